The van der Waals surface area contributed by atoms with E-state index in [0.29, 0.717) is 11.3 Å². The van der Waals surface area contributed by atoms with Crippen molar-refractivity contribution < 1.29 is 13.7 Å². The fraction of sp³-hybridized carbons (Fsp3) is 0.180. The van der Waals surface area contributed by atoms with E-state index in [9.17, 15) is 0 Å². The first-order valence-electron chi connectivity index (χ1n) is 19.2. The molecule has 53 heavy (non-hydrogen) atoms. The van der Waals surface area contributed by atoms with Gasteiger partial charge in [-0.15, -0.1) is 0 Å². The van der Waals surface area contributed by atoms with Crippen LogP contribution in [-0.2, 0) is 0 Å². The quantitative estimate of drug-likeness (QED) is 0.160. The van der Waals surface area contributed by atoms with Crippen molar-refractivity contribution in [1.29, 1.82) is 0 Å². The Bertz CT molecular complexity index is 2550. The van der Waals surface area contributed by atoms with Crippen LogP contribution in [0.15, 0.2) is 158 Å². The van der Waals surface area contributed by atoms with Crippen LogP contribution >= 0.6 is 0 Å². The third-order valence-electron chi connectivity index (χ3n) is 12.0. The summed E-state index contributed by atoms with van der Waals surface area (Å²) in [5.41, 5.74) is 18.7. The number of benzene rings is 4. The molecule has 0 unspecified atom stereocenters. The molecular formula is C50H44N3+3. The van der Waals surface area contributed by atoms with Gasteiger partial charge < -0.3 is 0 Å². The second-order valence-corrected chi connectivity index (χ2v) is 16.0. The maximum absolute atomic E-state index is 2.43. The Kier molecular flexibility index (Phi) is 7.40. The second kappa shape index (κ2) is 12.3. The topological polar surface area (TPSA) is 11.6 Å². The number of pyridine rings is 3. The van der Waals surface area contributed by atoms with Gasteiger partial charge in [-0.25, -0.2) is 0 Å². The van der Waals surface area contributed by atoms with Crippen LogP contribution in [0.5, 0.6) is 0 Å². The molecule has 0 atom stereocenters. The van der Waals surface area contributed by atoms with Crippen LogP contribution in [0.4, 0.5) is 0 Å². The van der Waals surface area contributed by atoms with Gasteiger partial charge in [0.15, 0.2) is 18.6 Å². The zero-order chi connectivity index (χ0) is 35.7. The Balaban J connectivity index is 1.24. The zero-order valence-corrected chi connectivity index (χ0v) is 30.8. The van der Waals surface area contributed by atoms with Crippen molar-refractivity contribution in [2.75, 3.05) is 0 Å². The van der Waals surface area contributed by atoms with Crippen LogP contribution < -0.4 is 13.7 Å². The van der Waals surface area contributed by atoms with Crippen LogP contribution in [-0.4, -0.2) is 0 Å². The summed E-state index contributed by atoms with van der Waals surface area (Å²) in [7, 11) is 0. The van der Waals surface area contributed by atoms with Crippen LogP contribution in [0.2, 0.25) is 0 Å². The molecule has 5 heterocycles. The minimum absolute atomic E-state index is 0.472. The van der Waals surface area contributed by atoms with Crippen molar-refractivity contribution in [2.45, 2.75) is 52.4 Å². The fourth-order valence-electron chi connectivity index (χ4n) is 9.13. The summed E-state index contributed by atoms with van der Waals surface area (Å²) in [6.07, 6.45) is 11.9. The van der Waals surface area contributed by atoms with E-state index in [1.54, 1.807) is 0 Å². The fourth-order valence-corrected chi connectivity index (χ4v) is 9.13. The van der Waals surface area contributed by atoms with Gasteiger partial charge in [0, 0.05) is 42.5 Å². The third kappa shape index (κ3) is 5.29. The number of nitrogens with zero attached hydrogens (tertiary/aromatic N) is 3. The molecule has 0 N–H and O–H groups in total. The van der Waals surface area contributed by atoms with E-state index >= 15 is 0 Å². The molecule has 0 spiro atoms. The number of fused-ring (bicyclic) bond motifs is 10. The van der Waals surface area contributed by atoms with Crippen molar-refractivity contribution in [3.05, 3.63) is 180 Å². The van der Waals surface area contributed by atoms with E-state index in [-0.39, 0.29) is 0 Å². The van der Waals surface area contributed by atoms with Gasteiger partial charge in [-0.05, 0) is 109 Å². The highest BCUT2D eigenvalue weighted by Gasteiger charge is 2.43. The summed E-state index contributed by atoms with van der Waals surface area (Å²) < 4.78 is 7.22. The summed E-state index contributed by atoms with van der Waals surface area (Å²) in [4.78, 5) is 0. The molecule has 2 aliphatic heterocycles. The summed E-state index contributed by atoms with van der Waals surface area (Å²) in [5.74, 6) is 0.660. The summed E-state index contributed by atoms with van der Waals surface area (Å²) >= 11 is 0. The standard InChI is InChI=1S/C50H44N3/c1-34-18-23-46-43(32-34)45-17-9-11-30-53(45)49(48-41-14-6-4-12-39(41)44-16-8-10-29-52(44)48)42-15-7-5-13-40(42)47-33-38(26-31-51(46)47)36-21-19-35(20-22-36)37-24-27-50(2,3)28-25-37/h4-23,26,29-33,37H,24-25,27-28H2,1-3H3/q+3/b49-48-. The van der Waals surface area contributed by atoms with Crippen molar-refractivity contribution in [2.24, 2.45) is 5.41 Å². The van der Waals surface area contributed by atoms with Gasteiger partial charge in [-0.3, -0.25) is 0 Å². The number of hydrogen-bond donors (Lipinski definition) is 0. The SMILES string of the molecule is Cc1ccc2c(c1)-c1cccc[n+]1/C(=C1/c3ccccc3-c3cccc[n+]31)c1ccccc1-c1cc(-c3ccc(C4CCC(C)(C)CC4)cc3)cc[n+]1-2. The van der Waals surface area contributed by atoms with Crippen LogP contribution in [0.3, 0.4) is 0 Å². The number of aromatic nitrogens is 3. The minimum Gasteiger partial charge on any atom is -0.159 e. The lowest BCUT2D eigenvalue weighted by molar-refractivity contribution is -0.595. The molecule has 1 fully saturated rings. The molecule has 1 saturated carbocycles. The summed E-state index contributed by atoms with van der Waals surface area (Å²) in [6, 6.07) is 52.0. The molecule has 0 radical (unpaired) electrons. The van der Waals surface area contributed by atoms with Gasteiger partial charge in [0.25, 0.3) is 11.4 Å². The second-order valence-electron chi connectivity index (χ2n) is 16.0. The molecule has 0 bridgehead atoms. The smallest absolute Gasteiger partial charge is 0.159 e. The molecule has 0 amide bonds. The number of hydrogen-bond acceptors (Lipinski definition) is 0. The van der Waals surface area contributed by atoms with E-state index < -0.39 is 0 Å². The van der Waals surface area contributed by atoms with Crippen molar-refractivity contribution in [1.82, 2.24) is 0 Å². The maximum atomic E-state index is 2.43. The van der Waals surface area contributed by atoms with Gasteiger partial charge in [0.1, 0.15) is 5.56 Å². The molecule has 1 aliphatic carbocycles. The largest absolute Gasteiger partial charge is 0.292 e. The first-order chi connectivity index (χ1) is 25.9. The Hall–Kier alpha value is -5.93. The van der Waals surface area contributed by atoms with E-state index in [0.717, 1.165) is 22.8 Å². The molecule has 256 valence electrons. The minimum atomic E-state index is 0.472. The van der Waals surface area contributed by atoms with Gasteiger partial charge in [-0.1, -0.05) is 68.4 Å². The summed E-state index contributed by atoms with van der Waals surface area (Å²) in [6.45, 7) is 7.04. The average Bonchev–Trinajstić information content (AvgIpc) is 3.53. The van der Waals surface area contributed by atoms with Gasteiger partial charge in [-0.2, -0.15) is 13.7 Å². The van der Waals surface area contributed by atoms with Gasteiger partial charge in [0.05, 0.1) is 22.3 Å². The van der Waals surface area contributed by atoms with Gasteiger partial charge >= 0.3 is 0 Å². The zero-order valence-electron chi connectivity index (χ0n) is 30.8. The molecule has 3 nitrogen and oxygen atoms in total. The molecule has 4 aromatic carbocycles. The number of aryl methyl sites for hydroxylation is 1. The van der Waals surface area contributed by atoms with E-state index in [1.807, 2.05) is 0 Å². The summed E-state index contributed by atoms with van der Waals surface area (Å²) in [5, 5.41) is 0. The molecule has 7 aromatic rings. The Morgan fingerprint density at radius 3 is 1.68 bits per heavy atom. The molecule has 0 saturated heterocycles. The Morgan fingerprint density at radius 1 is 0.472 bits per heavy atom. The average molecular weight is 687 g/mol. The highest BCUT2D eigenvalue weighted by molar-refractivity contribution is 5.95. The Morgan fingerprint density at radius 2 is 1.04 bits per heavy atom. The van der Waals surface area contributed by atoms with Crippen molar-refractivity contribution >= 4 is 11.4 Å². The first kappa shape index (κ1) is 31.8. The molecule has 3 aliphatic rings. The maximum Gasteiger partial charge on any atom is 0.292 e. The predicted octanol–water partition coefficient (Wildman–Crippen LogP) is 10.7. The normalized spacial score (nSPS) is 16.9. The molecule has 3 aromatic heterocycles. The molecular weight excluding hydrogens is 643 g/mol. The highest BCUT2D eigenvalue weighted by Crippen LogP contribution is 2.43. The van der Waals surface area contributed by atoms with Crippen molar-refractivity contribution in [3.8, 4) is 50.6 Å². The lowest BCUT2D eigenvalue weighted by atomic mass is 9.71. The lowest BCUT2D eigenvalue weighted by Crippen LogP contribution is -2.41. The van der Waals surface area contributed by atoms with Crippen LogP contribution in [0, 0.1) is 12.3 Å². The first-order valence-corrected chi connectivity index (χ1v) is 19.2. The monoisotopic (exact) mass is 686 g/mol. The Labute approximate surface area is 312 Å². The highest BCUT2D eigenvalue weighted by atomic mass is 15.1. The van der Waals surface area contributed by atoms with Crippen molar-refractivity contribution in [3.63, 3.8) is 0 Å². The van der Waals surface area contributed by atoms with E-state index in [2.05, 4.69) is 193 Å². The molecule has 10 rings (SSSR count). The van der Waals surface area contributed by atoms with Crippen LogP contribution in [0.25, 0.3) is 62.0 Å². The van der Waals surface area contributed by atoms with E-state index in [1.165, 1.54) is 87.1 Å². The number of rotatable bonds is 2. The third-order valence-corrected chi connectivity index (χ3v) is 12.0. The van der Waals surface area contributed by atoms with Crippen LogP contribution in [0.1, 0.15) is 67.7 Å². The lowest BCUT2D eigenvalue weighted by Gasteiger charge is -2.34. The van der Waals surface area contributed by atoms with Gasteiger partial charge in [0.2, 0.25) is 22.8 Å². The van der Waals surface area contributed by atoms with E-state index in [4.69, 9.17) is 0 Å². The molecule has 3 heteroatoms. The predicted molar refractivity (Wildman–Crippen MR) is 214 cm³/mol.